The van der Waals surface area contributed by atoms with E-state index in [0.717, 1.165) is 0 Å². The summed E-state index contributed by atoms with van der Waals surface area (Å²) in [5.41, 5.74) is 8.01. The Balaban J connectivity index is 1.73. The number of nitrogens with one attached hydrogen (secondary N) is 3. The van der Waals surface area contributed by atoms with Crippen LogP contribution in [0.25, 0.3) is 0 Å². The topological polar surface area (TPSA) is 140 Å². The van der Waals surface area contributed by atoms with Crippen molar-refractivity contribution in [2.45, 2.75) is 6.67 Å². The standard InChI is InChI=1S/C15H18N6O4/c16-13(22)7-18-14(23)8-19-15(24)11-1-3-12(4-2-11)25-20-10-21-6-5-17-9-21/h1-6,9,20H,7-8,10H2,(H2,16,22)(H,18,23)(H,19,24). The van der Waals surface area contributed by atoms with Gasteiger partial charge in [-0.2, -0.15) is 0 Å². The highest BCUT2D eigenvalue weighted by Crippen LogP contribution is 2.11. The third kappa shape index (κ3) is 6.31. The van der Waals surface area contributed by atoms with Gasteiger partial charge >= 0.3 is 0 Å². The van der Waals surface area contributed by atoms with Crippen LogP contribution in [-0.2, 0) is 16.3 Å². The minimum atomic E-state index is -0.656. The van der Waals surface area contributed by atoms with E-state index >= 15 is 0 Å². The molecule has 0 unspecified atom stereocenters. The Morgan fingerprint density at radius 2 is 1.88 bits per heavy atom. The van der Waals surface area contributed by atoms with E-state index in [-0.39, 0.29) is 13.1 Å². The van der Waals surface area contributed by atoms with Crippen molar-refractivity contribution in [1.29, 1.82) is 0 Å². The van der Waals surface area contributed by atoms with Gasteiger partial charge in [-0.3, -0.25) is 14.4 Å². The number of benzene rings is 1. The number of amides is 3. The van der Waals surface area contributed by atoms with Gasteiger partial charge in [-0.05, 0) is 24.3 Å². The highest BCUT2D eigenvalue weighted by Gasteiger charge is 2.08. The zero-order valence-electron chi connectivity index (χ0n) is 13.3. The Bertz CT molecular complexity index is 714. The SMILES string of the molecule is NC(=O)CNC(=O)CNC(=O)c1ccc(ONCn2ccnc2)cc1. The Morgan fingerprint density at radius 1 is 1.12 bits per heavy atom. The Labute approximate surface area is 143 Å². The summed E-state index contributed by atoms with van der Waals surface area (Å²) in [4.78, 5) is 43.1. The number of hydroxylamine groups is 1. The zero-order chi connectivity index (χ0) is 18.1. The average Bonchev–Trinajstić information content (AvgIpc) is 3.12. The fourth-order valence-electron chi connectivity index (χ4n) is 1.76. The lowest BCUT2D eigenvalue weighted by atomic mass is 10.2. The average molecular weight is 346 g/mol. The van der Waals surface area contributed by atoms with E-state index in [1.807, 2.05) is 0 Å². The Morgan fingerprint density at radius 3 is 2.52 bits per heavy atom. The molecule has 0 fully saturated rings. The summed E-state index contributed by atoms with van der Waals surface area (Å²) in [5.74, 6) is -1.06. The summed E-state index contributed by atoms with van der Waals surface area (Å²) >= 11 is 0. The number of aromatic nitrogens is 2. The number of nitrogens with zero attached hydrogens (tertiary/aromatic N) is 2. The van der Waals surface area contributed by atoms with Gasteiger partial charge in [0.25, 0.3) is 5.91 Å². The number of carbonyl (C=O) groups is 3. The highest BCUT2D eigenvalue weighted by molar-refractivity contribution is 5.96. The number of rotatable bonds is 9. The van der Waals surface area contributed by atoms with Crippen molar-refractivity contribution in [1.82, 2.24) is 25.7 Å². The van der Waals surface area contributed by atoms with Crippen LogP contribution in [0.15, 0.2) is 43.0 Å². The molecule has 0 aliphatic heterocycles. The van der Waals surface area contributed by atoms with Crippen LogP contribution in [0, 0.1) is 0 Å². The van der Waals surface area contributed by atoms with Gasteiger partial charge in [0.05, 0.1) is 19.4 Å². The molecule has 0 bridgehead atoms. The molecule has 0 aliphatic carbocycles. The molecule has 0 saturated carbocycles. The molecule has 0 atom stereocenters. The van der Waals surface area contributed by atoms with Gasteiger partial charge in [-0.1, -0.05) is 0 Å². The fraction of sp³-hybridized carbons (Fsp3) is 0.200. The van der Waals surface area contributed by atoms with Gasteiger partial charge in [-0.25, -0.2) is 4.98 Å². The first-order valence-electron chi connectivity index (χ1n) is 7.33. The number of carbonyl (C=O) groups excluding carboxylic acids is 3. The van der Waals surface area contributed by atoms with Crippen LogP contribution in [0.4, 0.5) is 0 Å². The van der Waals surface area contributed by atoms with Crippen LogP contribution in [0.3, 0.4) is 0 Å². The second-order valence-electron chi connectivity index (χ2n) is 4.93. The molecule has 2 rings (SSSR count). The van der Waals surface area contributed by atoms with Crippen molar-refractivity contribution in [2.24, 2.45) is 5.73 Å². The van der Waals surface area contributed by atoms with Gasteiger partial charge in [0.2, 0.25) is 11.8 Å². The largest absolute Gasteiger partial charge is 0.407 e. The van der Waals surface area contributed by atoms with Crippen molar-refractivity contribution in [3.63, 3.8) is 0 Å². The molecule has 1 heterocycles. The van der Waals surface area contributed by atoms with Crippen molar-refractivity contribution in [3.05, 3.63) is 48.5 Å². The monoisotopic (exact) mass is 346 g/mol. The van der Waals surface area contributed by atoms with Gasteiger partial charge in [0, 0.05) is 18.0 Å². The number of hydrogen-bond acceptors (Lipinski definition) is 6. The lowest BCUT2D eigenvalue weighted by molar-refractivity contribution is -0.124. The van der Waals surface area contributed by atoms with Crippen LogP contribution in [0.2, 0.25) is 0 Å². The van der Waals surface area contributed by atoms with Gasteiger partial charge < -0.3 is 25.8 Å². The first-order chi connectivity index (χ1) is 12.0. The summed E-state index contributed by atoms with van der Waals surface area (Å²) in [6.07, 6.45) is 5.08. The van der Waals surface area contributed by atoms with Crippen LogP contribution in [-0.4, -0.2) is 40.4 Å². The first-order valence-corrected chi connectivity index (χ1v) is 7.33. The number of nitrogens with two attached hydrogens (primary N) is 1. The van der Waals surface area contributed by atoms with Crippen molar-refractivity contribution >= 4 is 17.7 Å². The fourth-order valence-corrected chi connectivity index (χ4v) is 1.76. The lowest BCUT2D eigenvalue weighted by Crippen LogP contribution is -2.40. The van der Waals surface area contributed by atoms with E-state index in [1.165, 1.54) is 0 Å². The van der Waals surface area contributed by atoms with E-state index in [1.54, 1.807) is 47.6 Å². The predicted molar refractivity (Wildman–Crippen MR) is 87.0 cm³/mol. The molecule has 0 spiro atoms. The molecule has 132 valence electrons. The summed E-state index contributed by atoms with van der Waals surface area (Å²) in [5, 5.41) is 4.70. The molecule has 25 heavy (non-hydrogen) atoms. The molecule has 1 aromatic carbocycles. The highest BCUT2D eigenvalue weighted by atomic mass is 16.6. The molecule has 10 nitrogen and oxygen atoms in total. The quantitative estimate of drug-likeness (QED) is 0.419. The molecule has 0 saturated heterocycles. The third-order valence-electron chi connectivity index (χ3n) is 2.98. The lowest BCUT2D eigenvalue weighted by Gasteiger charge is -2.09. The van der Waals surface area contributed by atoms with E-state index in [9.17, 15) is 14.4 Å². The molecule has 5 N–H and O–H groups in total. The van der Waals surface area contributed by atoms with E-state index in [4.69, 9.17) is 10.6 Å². The van der Waals surface area contributed by atoms with Crippen molar-refractivity contribution < 1.29 is 19.2 Å². The van der Waals surface area contributed by atoms with Gasteiger partial charge in [-0.15, -0.1) is 5.48 Å². The number of imidazole rings is 1. The summed E-state index contributed by atoms with van der Waals surface area (Å²) < 4.78 is 1.78. The first kappa shape index (κ1) is 17.9. The van der Waals surface area contributed by atoms with Crippen LogP contribution in [0.1, 0.15) is 10.4 Å². The minimum Gasteiger partial charge on any atom is -0.407 e. The molecule has 0 aliphatic rings. The molecule has 2 aromatic rings. The summed E-state index contributed by atoms with van der Waals surface area (Å²) in [7, 11) is 0. The maximum absolute atomic E-state index is 11.9. The summed E-state index contributed by atoms with van der Waals surface area (Å²) in [6.45, 7) is -0.105. The normalized spacial score (nSPS) is 10.1. The number of primary amides is 1. The smallest absolute Gasteiger partial charge is 0.251 e. The van der Waals surface area contributed by atoms with E-state index < -0.39 is 17.7 Å². The molecule has 3 amide bonds. The van der Waals surface area contributed by atoms with E-state index in [0.29, 0.717) is 18.0 Å². The van der Waals surface area contributed by atoms with Crippen LogP contribution in [0.5, 0.6) is 5.75 Å². The second kappa shape index (κ2) is 9.03. The number of hydrogen-bond donors (Lipinski definition) is 4. The maximum atomic E-state index is 11.9. The maximum Gasteiger partial charge on any atom is 0.251 e. The Hall–Kier alpha value is -3.40. The molecule has 1 aromatic heterocycles. The van der Waals surface area contributed by atoms with Crippen molar-refractivity contribution in [3.8, 4) is 5.75 Å². The van der Waals surface area contributed by atoms with Crippen LogP contribution < -0.4 is 26.7 Å². The zero-order valence-corrected chi connectivity index (χ0v) is 13.3. The van der Waals surface area contributed by atoms with Crippen molar-refractivity contribution in [2.75, 3.05) is 13.1 Å². The molecule has 10 heteroatoms. The predicted octanol–water partition coefficient (Wildman–Crippen LogP) is -1.24. The molecule has 0 radical (unpaired) electrons. The van der Waals surface area contributed by atoms with Crippen LogP contribution >= 0.6 is 0 Å². The summed E-state index contributed by atoms with van der Waals surface area (Å²) in [6, 6.07) is 6.35. The minimum absolute atomic E-state index is 0.253. The third-order valence-corrected chi connectivity index (χ3v) is 2.98. The second-order valence-corrected chi connectivity index (χ2v) is 4.93. The molecular weight excluding hydrogens is 328 g/mol. The van der Waals surface area contributed by atoms with Gasteiger partial charge in [0.15, 0.2) is 0 Å². The van der Waals surface area contributed by atoms with Gasteiger partial charge in [0.1, 0.15) is 12.4 Å². The Kier molecular flexibility index (Phi) is 6.48. The van der Waals surface area contributed by atoms with E-state index in [2.05, 4.69) is 21.1 Å². The molecular formula is C15H18N6O4.